The van der Waals surface area contributed by atoms with Gasteiger partial charge in [0.2, 0.25) is 0 Å². The van der Waals surface area contributed by atoms with Crippen molar-refractivity contribution in [2.24, 2.45) is 5.92 Å². The van der Waals surface area contributed by atoms with Gasteiger partial charge < -0.3 is 0 Å². The molecule has 0 saturated carbocycles. The highest BCUT2D eigenvalue weighted by molar-refractivity contribution is 6.30. The molecule has 0 spiro atoms. The molecule has 0 amide bonds. The molecule has 0 aromatic heterocycles. The summed E-state index contributed by atoms with van der Waals surface area (Å²) < 4.78 is 0. The second-order valence-electron chi connectivity index (χ2n) is 5.28. The lowest BCUT2D eigenvalue weighted by Gasteiger charge is -2.28. The Morgan fingerprint density at radius 2 is 1.50 bits per heavy atom. The van der Waals surface area contributed by atoms with Crippen LogP contribution in [0.5, 0.6) is 0 Å². The van der Waals surface area contributed by atoms with Crippen LogP contribution in [0.2, 0.25) is 5.02 Å². The van der Waals surface area contributed by atoms with Gasteiger partial charge in [0, 0.05) is 10.9 Å². The third-order valence-electron chi connectivity index (χ3n) is 3.95. The SMILES string of the molecule is CCC(C)C(c1ccccc1)C(Cl)c1ccc(Cl)cc1. The van der Waals surface area contributed by atoms with Gasteiger partial charge in [0.05, 0.1) is 5.38 Å². The summed E-state index contributed by atoms with van der Waals surface area (Å²) in [5.74, 6) is 0.833. The van der Waals surface area contributed by atoms with Gasteiger partial charge in [-0.15, -0.1) is 11.6 Å². The van der Waals surface area contributed by atoms with Crippen LogP contribution in [-0.2, 0) is 0 Å². The molecule has 0 bridgehead atoms. The minimum Gasteiger partial charge on any atom is -0.117 e. The van der Waals surface area contributed by atoms with Crippen molar-refractivity contribution in [3.8, 4) is 0 Å². The molecule has 0 heterocycles. The lowest BCUT2D eigenvalue weighted by atomic mass is 9.81. The normalized spacial score (nSPS) is 15.6. The quantitative estimate of drug-likeness (QED) is 0.557. The van der Waals surface area contributed by atoms with Gasteiger partial charge in [-0.25, -0.2) is 0 Å². The summed E-state index contributed by atoms with van der Waals surface area (Å²) in [6.45, 7) is 4.48. The molecule has 106 valence electrons. The highest BCUT2D eigenvalue weighted by atomic mass is 35.5. The Bertz CT molecular complexity index is 519. The topological polar surface area (TPSA) is 0 Å². The van der Waals surface area contributed by atoms with Crippen molar-refractivity contribution in [2.75, 3.05) is 0 Å². The Labute approximate surface area is 131 Å². The minimum atomic E-state index is -0.0374. The fourth-order valence-electron chi connectivity index (χ4n) is 2.57. The Kier molecular flexibility index (Phi) is 5.51. The highest BCUT2D eigenvalue weighted by Crippen LogP contribution is 2.42. The van der Waals surface area contributed by atoms with Crippen LogP contribution >= 0.6 is 23.2 Å². The maximum atomic E-state index is 6.79. The smallest absolute Gasteiger partial charge is 0.0656 e. The van der Waals surface area contributed by atoms with Crippen LogP contribution in [-0.4, -0.2) is 0 Å². The van der Waals surface area contributed by atoms with Crippen LogP contribution in [0, 0.1) is 5.92 Å². The molecule has 2 rings (SSSR count). The molecule has 2 aromatic rings. The van der Waals surface area contributed by atoms with E-state index in [1.165, 1.54) is 5.56 Å². The zero-order valence-electron chi connectivity index (χ0n) is 11.9. The predicted octanol–water partition coefficient (Wildman–Crippen LogP) is 6.45. The van der Waals surface area contributed by atoms with E-state index in [0.29, 0.717) is 11.8 Å². The lowest BCUT2D eigenvalue weighted by Crippen LogP contribution is -2.14. The average molecular weight is 307 g/mol. The van der Waals surface area contributed by atoms with E-state index in [0.717, 1.165) is 17.0 Å². The van der Waals surface area contributed by atoms with Crippen LogP contribution < -0.4 is 0 Å². The largest absolute Gasteiger partial charge is 0.117 e. The van der Waals surface area contributed by atoms with Gasteiger partial charge in [-0.05, 0) is 29.2 Å². The summed E-state index contributed by atoms with van der Waals surface area (Å²) in [6.07, 6.45) is 1.11. The summed E-state index contributed by atoms with van der Waals surface area (Å²) in [5, 5.41) is 0.710. The van der Waals surface area contributed by atoms with Gasteiger partial charge in [-0.3, -0.25) is 0 Å². The first-order valence-electron chi connectivity index (χ1n) is 7.08. The molecule has 0 saturated heterocycles. The monoisotopic (exact) mass is 306 g/mol. The number of hydrogen-bond acceptors (Lipinski definition) is 0. The standard InChI is InChI=1S/C18H20Cl2/c1-3-13(2)17(14-7-5-4-6-8-14)18(20)15-9-11-16(19)12-10-15/h4-13,17-18H,3H2,1-2H3. The zero-order chi connectivity index (χ0) is 14.5. The van der Waals surface area contributed by atoms with Crippen molar-refractivity contribution < 1.29 is 0 Å². The van der Waals surface area contributed by atoms with E-state index in [1.807, 2.05) is 30.3 Å². The number of benzene rings is 2. The Morgan fingerprint density at radius 3 is 2.05 bits per heavy atom. The molecule has 0 aliphatic carbocycles. The maximum absolute atomic E-state index is 6.79. The van der Waals surface area contributed by atoms with Crippen molar-refractivity contribution in [3.63, 3.8) is 0 Å². The Hall–Kier alpha value is -0.980. The zero-order valence-corrected chi connectivity index (χ0v) is 13.4. The number of alkyl halides is 1. The first-order chi connectivity index (χ1) is 9.63. The van der Waals surface area contributed by atoms with Crippen LogP contribution in [0.25, 0.3) is 0 Å². The van der Waals surface area contributed by atoms with Gasteiger partial charge in [-0.1, -0.05) is 74.3 Å². The molecule has 0 radical (unpaired) electrons. The molecule has 0 N–H and O–H groups in total. The highest BCUT2D eigenvalue weighted by Gasteiger charge is 2.27. The summed E-state index contributed by atoms with van der Waals surface area (Å²) in [4.78, 5) is 0. The molecule has 0 fully saturated rings. The van der Waals surface area contributed by atoms with Crippen molar-refractivity contribution in [1.29, 1.82) is 0 Å². The van der Waals surface area contributed by atoms with E-state index in [9.17, 15) is 0 Å². The molecule has 20 heavy (non-hydrogen) atoms. The summed E-state index contributed by atoms with van der Waals surface area (Å²) in [5.41, 5.74) is 2.43. The van der Waals surface area contributed by atoms with Crippen LogP contribution in [0.15, 0.2) is 54.6 Å². The third-order valence-corrected chi connectivity index (χ3v) is 4.72. The second-order valence-corrected chi connectivity index (χ2v) is 6.18. The van der Waals surface area contributed by atoms with Gasteiger partial charge >= 0.3 is 0 Å². The summed E-state index contributed by atoms with van der Waals surface area (Å²) in [6, 6.07) is 18.4. The molecule has 3 unspecified atom stereocenters. The Morgan fingerprint density at radius 1 is 0.900 bits per heavy atom. The van der Waals surface area contributed by atoms with Gasteiger partial charge in [-0.2, -0.15) is 0 Å². The van der Waals surface area contributed by atoms with E-state index in [2.05, 4.69) is 38.1 Å². The van der Waals surface area contributed by atoms with Gasteiger partial charge in [0.1, 0.15) is 0 Å². The molecule has 3 atom stereocenters. The van der Waals surface area contributed by atoms with Crippen LogP contribution in [0.3, 0.4) is 0 Å². The van der Waals surface area contributed by atoms with Crippen molar-refractivity contribution >= 4 is 23.2 Å². The predicted molar refractivity (Wildman–Crippen MR) is 88.7 cm³/mol. The first-order valence-corrected chi connectivity index (χ1v) is 7.89. The number of rotatable bonds is 5. The maximum Gasteiger partial charge on any atom is 0.0656 e. The molecule has 0 aliphatic rings. The summed E-state index contributed by atoms with van der Waals surface area (Å²) >= 11 is 12.7. The molecule has 0 nitrogen and oxygen atoms in total. The number of halogens is 2. The van der Waals surface area contributed by atoms with E-state index >= 15 is 0 Å². The van der Waals surface area contributed by atoms with Crippen LogP contribution in [0.4, 0.5) is 0 Å². The fraction of sp³-hybridized carbons (Fsp3) is 0.333. The van der Waals surface area contributed by atoms with E-state index in [1.54, 1.807) is 0 Å². The van der Waals surface area contributed by atoms with E-state index in [-0.39, 0.29) is 5.38 Å². The van der Waals surface area contributed by atoms with Gasteiger partial charge in [0.15, 0.2) is 0 Å². The number of hydrogen-bond donors (Lipinski definition) is 0. The van der Waals surface area contributed by atoms with Crippen molar-refractivity contribution in [3.05, 3.63) is 70.7 Å². The minimum absolute atomic E-state index is 0.0374. The lowest BCUT2D eigenvalue weighted by molar-refractivity contribution is 0.434. The average Bonchev–Trinajstić information content (AvgIpc) is 2.49. The molecular formula is C18H20Cl2. The Balaban J connectivity index is 2.34. The van der Waals surface area contributed by atoms with Gasteiger partial charge in [0.25, 0.3) is 0 Å². The van der Waals surface area contributed by atoms with Crippen molar-refractivity contribution in [2.45, 2.75) is 31.6 Å². The first kappa shape index (κ1) is 15.4. The molecule has 0 aliphatic heterocycles. The third kappa shape index (κ3) is 3.56. The van der Waals surface area contributed by atoms with Crippen molar-refractivity contribution in [1.82, 2.24) is 0 Å². The molecule has 2 aromatic carbocycles. The summed E-state index contributed by atoms with van der Waals surface area (Å²) in [7, 11) is 0. The molecule has 2 heteroatoms. The fourth-order valence-corrected chi connectivity index (χ4v) is 3.23. The van der Waals surface area contributed by atoms with E-state index < -0.39 is 0 Å². The molecular weight excluding hydrogens is 287 g/mol. The van der Waals surface area contributed by atoms with Crippen LogP contribution in [0.1, 0.15) is 42.7 Å². The van der Waals surface area contributed by atoms with E-state index in [4.69, 9.17) is 23.2 Å². The second kappa shape index (κ2) is 7.15.